The molecule has 5 heteroatoms. The van der Waals surface area contributed by atoms with E-state index in [1.54, 1.807) is 0 Å². The van der Waals surface area contributed by atoms with Gasteiger partial charge in [0.15, 0.2) is 0 Å². The molecule has 84 valence electrons. The summed E-state index contributed by atoms with van der Waals surface area (Å²) in [7, 11) is 0.710. The van der Waals surface area contributed by atoms with Gasteiger partial charge < -0.3 is 10.1 Å². The van der Waals surface area contributed by atoms with E-state index in [-0.39, 0.29) is 18.5 Å². The second-order valence-corrected chi connectivity index (χ2v) is 3.83. The highest BCUT2D eigenvalue weighted by atomic mass is 35.5. The second-order valence-electron chi connectivity index (χ2n) is 2.77. The maximum absolute atomic E-state index is 11.0. The number of nitrogens with one attached hydrogen (secondary N) is 1. The first-order valence-corrected chi connectivity index (χ1v) is 6.13. The van der Waals surface area contributed by atoms with Crippen LogP contribution in [0.3, 0.4) is 0 Å². The summed E-state index contributed by atoms with van der Waals surface area (Å²) < 4.78 is 4.98. The zero-order chi connectivity index (χ0) is 10.2. The van der Waals surface area contributed by atoms with Crippen molar-refractivity contribution in [3.63, 3.8) is 0 Å². The number of ether oxygens (including phenoxy) is 1. The van der Waals surface area contributed by atoms with Gasteiger partial charge in [-0.05, 0) is 12.2 Å². The van der Waals surface area contributed by atoms with Crippen molar-refractivity contribution in [2.75, 3.05) is 13.0 Å². The lowest BCUT2D eigenvalue weighted by molar-refractivity contribution is 0.141. The summed E-state index contributed by atoms with van der Waals surface area (Å²) in [4.78, 5) is 11.0. The van der Waals surface area contributed by atoms with Crippen molar-refractivity contribution < 1.29 is 9.53 Å². The van der Waals surface area contributed by atoms with Crippen molar-refractivity contribution in [2.45, 2.75) is 6.61 Å². The SMILES string of the molecule is CPCNC(=O)OCc1ccccc1.Cl. The summed E-state index contributed by atoms with van der Waals surface area (Å²) in [6.07, 6.45) is 0.344. The lowest BCUT2D eigenvalue weighted by atomic mass is 10.2. The number of amides is 1. The van der Waals surface area contributed by atoms with E-state index >= 15 is 0 Å². The molecule has 0 fully saturated rings. The Balaban J connectivity index is 0.00000196. The zero-order valence-electron chi connectivity index (χ0n) is 8.53. The molecule has 0 saturated heterocycles. The van der Waals surface area contributed by atoms with Gasteiger partial charge in [-0.2, -0.15) is 0 Å². The fourth-order valence-corrected chi connectivity index (χ4v) is 1.26. The minimum atomic E-state index is -0.344. The molecule has 0 aromatic heterocycles. The molecule has 0 aliphatic heterocycles. The largest absolute Gasteiger partial charge is 0.445 e. The Morgan fingerprint density at radius 1 is 1.40 bits per heavy atom. The lowest BCUT2D eigenvalue weighted by Gasteiger charge is -2.05. The number of carbonyl (C=O) groups excluding carboxylic acids is 1. The van der Waals surface area contributed by atoms with Gasteiger partial charge in [0.25, 0.3) is 0 Å². The number of hydrogen-bond donors (Lipinski definition) is 1. The van der Waals surface area contributed by atoms with Crippen molar-refractivity contribution in [1.82, 2.24) is 5.32 Å². The van der Waals surface area contributed by atoms with Crippen LogP contribution in [0.2, 0.25) is 0 Å². The van der Waals surface area contributed by atoms with Gasteiger partial charge in [0.1, 0.15) is 6.61 Å². The van der Waals surface area contributed by atoms with Gasteiger partial charge in [-0.1, -0.05) is 30.3 Å². The first-order valence-electron chi connectivity index (χ1n) is 4.42. The predicted molar refractivity (Wildman–Crippen MR) is 66.1 cm³/mol. The van der Waals surface area contributed by atoms with Crippen LogP contribution < -0.4 is 5.32 Å². The van der Waals surface area contributed by atoms with Crippen molar-refractivity contribution in [1.29, 1.82) is 0 Å². The van der Waals surface area contributed by atoms with Crippen molar-refractivity contribution in [2.24, 2.45) is 0 Å². The zero-order valence-corrected chi connectivity index (χ0v) is 10.3. The van der Waals surface area contributed by atoms with Gasteiger partial charge in [-0.15, -0.1) is 21.0 Å². The minimum Gasteiger partial charge on any atom is -0.445 e. The van der Waals surface area contributed by atoms with Crippen LogP contribution in [0.25, 0.3) is 0 Å². The van der Waals surface area contributed by atoms with E-state index in [4.69, 9.17) is 4.74 Å². The Morgan fingerprint density at radius 2 is 2.07 bits per heavy atom. The maximum atomic E-state index is 11.0. The molecule has 1 rings (SSSR count). The van der Waals surface area contributed by atoms with Crippen LogP contribution in [0.4, 0.5) is 4.79 Å². The molecule has 0 saturated carbocycles. The summed E-state index contributed by atoms with van der Waals surface area (Å²) in [6.45, 7) is 2.36. The minimum absolute atomic E-state index is 0. The van der Waals surface area contributed by atoms with Crippen molar-refractivity contribution in [3.8, 4) is 0 Å². The van der Waals surface area contributed by atoms with Crippen LogP contribution in [-0.2, 0) is 11.3 Å². The first-order chi connectivity index (χ1) is 6.83. The quantitative estimate of drug-likeness (QED) is 0.831. The van der Waals surface area contributed by atoms with Crippen LogP contribution in [0.1, 0.15) is 5.56 Å². The molecular formula is C10H15ClNO2P. The van der Waals surface area contributed by atoms with E-state index in [1.165, 1.54) is 0 Å². The van der Waals surface area contributed by atoms with Gasteiger partial charge in [-0.25, -0.2) is 4.79 Å². The van der Waals surface area contributed by atoms with E-state index in [1.807, 2.05) is 37.0 Å². The third-order valence-corrected chi connectivity index (χ3v) is 2.15. The number of halogens is 1. The van der Waals surface area contributed by atoms with Crippen LogP contribution in [-0.4, -0.2) is 19.0 Å². The average Bonchev–Trinajstić information content (AvgIpc) is 2.25. The molecular weight excluding hydrogens is 233 g/mol. The molecule has 0 spiro atoms. The number of hydrogen-bond acceptors (Lipinski definition) is 2. The first kappa shape index (κ1) is 14.2. The second kappa shape index (κ2) is 8.51. The lowest BCUT2D eigenvalue weighted by Crippen LogP contribution is -2.22. The molecule has 1 N–H and O–H groups in total. The van der Waals surface area contributed by atoms with Crippen LogP contribution in [0, 0.1) is 0 Å². The third kappa shape index (κ3) is 6.32. The van der Waals surface area contributed by atoms with E-state index < -0.39 is 0 Å². The fraction of sp³-hybridized carbons (Fsp3) is 0.300. The molecule has 0 bridgehead atoms. The molecule has 1 amide bonds. The number of carbonyl (C=O) groups is 1. The Hall–Kier alpha value is -0.790. The van der Waals surface area contributed by atoms with Crippen LogP contribution in [0.15, 0.2) is 30.3 Å². The number of rotatable bonds is 4. The molecule has 0 heterocycles. The molecule has 1 aromatic rings. The molecule has 15 heavy (non-hydrogen) atoms. The van der Waals surface area contributed by atoms with Gasteiger partial charge in [-0.3, -0.25) is 0 Å². The third-order valence-electron chi connectivity index (χ3n) is 1.62. The number of alkyl carbamates (subject to hydrolysis) is 1. The van der Waals surface area contributed by atoms with Gasteiger partial charge >= 0.3 is 6.09 Å². The van der Waals surface area contributed by atoms with E-state index in [0.717, 1.165) is 5.56 Å². The van der Waals surface area contributed by atoms with Gasteiger partial charge in [0, 0.05) is 6.29 Å². The van der Waals surface area contributed by atoms with E-state index in [9.17, 15) is 4.79 Å². The number of benzene rings is 1. The standard InChI is InChI=1S/C10H14NO2P.ClH/c1-14-8-11-10(12)13-7-9-5-3-2-4-6-9;/h2-6,14H,7-8H2,1H3,(H,11,12);1H. The molecule has 1 unspecified atom stereocenters. The fourth-order valence-electron chi connectivity index (χ4n) is 0.935. The highest BCUT2D eigenvalue weighted by Gasteiger charge is 1.99. The monoisotopic (exact) mass is 247 g/mol. The summed E-state index contributed by atoms with van der Waals surface area (Å²) in [5, 5.41) is 2.65. The predicted octanol–water partition coefficient (Wildman–Crippen LogP) is 2.60. The van der Waals surface area contributed by atoms with E-state index in [2.05, 4.69) is 5.32 Å². The highest BCUT2D eigenvalue weighted by Crippen LogP contribution is 2.01. The summed E-state index contributed by atoms with van der Waals surface area (Å²) in [5.41, 5.74) is 1.00. The van der Waals surface area contributed by atoms with Crippen LogP contribution in [0.5, 0.6) is 0 Å². The highest BCUT2D eigenvalue weighted by molar-refractivity contribution is 7.36. The normalized spacial score (nSPS) is 9.67. The molecule has 3 nitrogen and oxygen atoms in total. The van der Waals surface area contributed by atoms with Crippen molar-refractivity contribution in [3.05, 3.63) is 35.9 Å². The Labute approximate surface area is 97.8 Å². The summed E-state index contributed by atoms with van der Waals surface area (Å²) in [5.74, 6) is 0. The van der Waals surface area contributed by atoms with Crippen molar-refractivity contribution >= 4 is 27.1 Å². The Bertz CT molecular complexity index is 282. The summed E-state index contributed by atoms with van der Waals surface area (Å²) in [6, 6.07) is 9.62. The molecule has 0 aliphatic rings. The Morgan fingerprint density at radius 3 is 2.67 bits per heavy atom. The Kier molecular flexibility index (Phi) is 8.06. The maximum Gasteiger partial charge on any atom is 0.407 e. The topological polar surface area (TPSA) is 38.3 Å². The molecule has 0 aliphatic carbocycles. The molecule has 1 atom stereocenters. The molecule has 1 aromatic carbocycles. The van der Waals surface area contributed by atoms with Gasteiger partial charge in [0.2, 0.25) is 0 Å². The summed E-state index contributed by atoms with van der Waals surface area (Å²) >= 11 is 0. The van der Waals surface area contributed by atoms with Crippen LogP contribution >= 0.6 is 21.0 Å². The molecule has 0 radical (unpaired) electrons. The average molecular weight is 248 g/mol. The van der Waals surface area contributed by atoms with Gasteiger partial charge in [0.05, 0.1) is 0 Å². The van der Waals surface area contributed by atoms with E-state index in [0.29, 0.717) is 21.5 Å². The smallest absolute Gasteiger partial charge is 0.407 e.